The Labute approximate surface area is 96.0 Å². The first-order valence-electron chi connectivity index (χ1n) is 5.71. The highest BCUT2D eigenvalue weighted by Crippen LogP contribution is 2.27. The SMILES string of the molecule is COC(=O)CCCN1CCc2ccccc21. The molecule has 1 heterocycles. The molecule has 0 aromatic heterocycles. The fraction of sp³-hybridized carbons (Fsp3) is 0.462. The van der Waals surface area contributed by atoms with Gasteiger partial charge in [0, 0.05) is 25.2 Å². The van der Waals surface area contributed by atoms with Crippen molar-refractivity contribution in [2.75, 3.05) is 25.1 Å². The van der Waals surface area contributed by atoms with E-state index in [1.54, 1.807) is 0 Å². The van der Waals surface area contributed by atoms with Gasteiger partial charge in [0.25, 0.3) is 0 Å². The lowest BCUT2D eigenvalue weighted by atomic mass is 10.2. The van der Waals surface area contributed by atoms with Crippen LogP contribution in [0.5, 0.6) is 0 Å². The van der Waals surface area contributed by atoms with E-state index in [1.165, 1.54) is 18.4 Å². The maximum Gasteiger partial charge on any atom is 0.305 e. The summed E-state index contributed by atoms with van der Waals surface area (Å²) >= 11 is 0. The number of anilines is 1. The van der Waals surface area contributed by atoms with Gasteiger partial charge in [-0.25, -0.2) is 0 Å². The first kappa shape index (κ1) is 11.0. The molecule has 0 amide bonds. The number of esters is 1. The Bertz CT molecular complexity index is 376. The van der Waals surface area contributed by atoms with Gasteiger partial charge in [-0.3, -0.25) is 4.79 Å². The zero-order valence-corrected chi connectivity index (χ0v) is 9.61. The molecule has 0 unspecified atom stereocenters. The van der Waals surface area contributed by atoms with Crippen molar-refractivity contribution in [2.24, 2.45) is 0 Å². The highest BCUT2D eigenvalue weighted by Gasteiger charge is 2.17. The number of methoxy groups -OCH3 is 1. The summed E-state index contributed by atoms with van der Waals surface area (Å²) in [5.41, 5.74) is 2.74. The van der Waals surface area contributed by atoms with Gasteiger partial charge in [-0.05, 0) is 24.5 Å². The zero-order chi connectivity index (χ0) is 11.4. The molecule has 2 rings (SSSR count). The molecule has 0 atom stereocenters. The molecule has 1 aliphatic rings. The molecule has 1 aliphatic heterocycles. The lowest BCUT2D eigenvalue weighted by molar-refractivity contribution is -0.140. The van der Waals surface area contributed by atoms with Crippen LogP contribution in [0.4, 0.5) is 5.69 Å². The van der Waals surface area contributed by atoms with Gasteiger partial charge in [-0.1, -0.05) is 18.2 Å². The Balaban J connectivity index is 1.86. The molecule has 1 aromatic carbocycles. The van der Waals surface area contributed by atoms with E-state index in [0.717, 1.165) is 25.9 Å². The summed E-state index contributed by atoms with van der Waals surface area (Å²) < 4.78 is 4.63. The standard InChI is InChI=1S/C13H17NO2/c1-16-13(15)7-4-9-14-10-8-11-5-2-3-6-12(11)14/h2-3,5-6H,4,7-10H2,1H3. The molecule has 1 aromatic rings. The molecule has 0 aliphatic carbocycles. The van der Waals surface area contributed by atoms with Crippen LogP contribution in [-0.2, 0) is 16.0 Å². The van der Waals surface area contributed by atoms with Crippen LogP contribution in [0.2, 0.25) is 0 Å². The van der Waals surface area contributed by atoms with Gasteiger partial charge in [0.2, 0.25) is 0 Å². The largest absolute Gasteiger partial charge is 0.469 e. The van der Waals surface area contributed by atoms with Crippen molar-refractivity contribution in [3.8, 4) is 0 Å². The molecule has 0 radical (unpaired) electrons. The van der Waals surface area contributed by atoms with Crippen molar-refractivity contribution in [2.45, 2.75) is 19.3 Å². The van der Waals surface area contributed by atoms with E-state index in [2.05, 4.69) is 33.9 Å². The van der Waals surface area contributed by atoms with Gasteiger partial charge in [0.15, 0.2) is 0 Å². The summed E-state index contributed by atoms with van der Waals surface area (Å²) in [7, 11) is 1.44. The van der Waals surface area contributed by atoms with Gasteiger partial charge in [-0.15, -0.1) is 0 Å². The molecule has 86 valence electrons. The van der Waals surface area contributed by atoms with Crippen molar-refractivity contribution in [3.05, 3.63) is 29.8 Å². The predicted octanol–water partition coefficient (Wildman–Crippen LogP) is 2.00. The van der Waals surface area contributed by atoms with Crippen molar-refractivity contribution in [3.63, 3.8) is 0 Å². The predicted molar refractivity (Wildman–Crippen MR) is 63.6 cm³/mol. The molecule has 0 saturated carbocycles. The summed E-state index contributed by atoms with van der Waals surface area (Å²) in [4.78, 5) is 13.3. The minimum absolute atomic E-state index is 0.118. The fourth-order valence-electron chi connectivity index (χ4n) is 2.16. The van der Waals surface area contributed by atoms with E-state index >= 15 is 0 Å². The van der Waals surface area contributed by atoms with Gasteiger partial charge in [-0.2, -0.15) is 0 Å². The van der Waals surface area contributed by atoms with Crippen LogP contribution in [0, 0.1) is 0 Å². The first-order valence-corrected chi connectivity index (χ1v) is 5.71. The fourth-order valence-corrected chi connectivity index (χ4v) is 2.16. The number of benzene rings is 1. The average Bonchev–Trinajstić information content (AvgIpc) is 2.73. The molecule has 0 N–H and O–H groups in total. The van der Waals surface area contributed by atoms with E-state index in [9.17, 15) is 4.79 Å². The highest BCUT2D eigenvalue weighted by molar-refractivity contribution is 5.69. The number of rotatable bonds is 4. The lowest BCUT2D eigenvalue weighted by Gasteiger charge is -2.18. The maximum absolute atomic E-state index is 11.0. The van der Waals surface area contributed by atoms with Crippen LogP contribution in [0.1, 0.15) is 18.4 Å². The van der Waals surface area contributed by atoms with Crippen LogP contribution in [-0.4, -0.2) is 26.2 Å². The minimum Gasteiger partial charge on any atom is -0.469 e. The van der Waals surface area contributed by atoms with E-state index < -0.39 is 0 Å². The quantitative estimate of drug-likeness (QED) is 0.725. The number of hydrogen-bond acceptors (Lipinski definition) is 3. The second-order valence-corrected chi connectivity index (χ2v) is 4.05. The summed E-state index contributed by atoms with van der Waals surface area (Å²) in [5.74, 6) is -0.118. The van der Waals surface area contributed by atoms with Crippen LogP contribution in [0.25, 0.3) is 0 Å². The Hall–Kier alpha value is -1.51. The maximum atomic E-state index is 11.0. The van der Waals surface area contributed by atoms with E-state index in [1.807, 2.05) is 0 Å². The molecule has 16 heavy (non-hydrogen) atoms. The summed E-state index contributed by atoms with van der Waals surface area (Å²) in [6, 6.07) is 8.48. The van der Waals surface area contributed by atoms with E-state index in [-0.39, 0.29) is 5.97 Å². The third-order valence-electron chi connectivity index (χ3n) is 3.02. The van der Waals surface area contributed by atoms with Crippen LogP contribution >= 0.6 is 0 Å². The Morgan fingerprint density at radius 3 is 3.06 bits per heavy atom. The Morgan fingerprint density at radius 2 is 2.25 bits per heavy atom. The second kappa shape index (κ2) is 5.01. The zero-order valence-electron chi connectivity index (χ0n) is 9.61. The van der Waals surface area contributed by atoms with Gasteiger partial charge in [0.1, 0.15) is 0 Å². The summed E-state index contributed by atoms with van der Waals surface area (Å²) in [5, 5.41) is 0. The smallest absolute Gasteiger partial charge is 0.305 e. The number of nitrogens with zero attached hydrogens (tertiary/aromatic N) is 1. The first-order chi connectivity index (χ1) is 7.81. The molecule has 3 nitrogen and oxygen atoms in total. The monoisotopic (exact) mass is 219 g/mol. The van der Waals surface area contributed by atoms with E-state index in [4.69, 9.17) is 0 Å². The third-order valence-corrected chi connectivity index (χ3v) is 3.02. The van der Waals surface area contributed by atoms with Crippen molar-refractivity contribution in [1.29, 1.82) is 0 Å². The molecule has 0 fully saturated rings. The van der Waals surface area contributed by atoms with Crippen molar-refractivity contribution in [1.82, 2.24) is 0 Å². The van der Waals surface area contributed by atoms with Gasteiger partial charge in [0.05, 0.1) is 7.11 Å². The number of fused-ring (bicyclic) bond motifs is 1. The van der Waals surface area contributed by atoms with Crippen LogP contribution in [0.15, 0.2) is 24.3 Å². The molecule has 3 heteroatoms. The Kier molecular flexibility index (Phi) is 3.44. The number of ether oxygens (including phenoxy) is 1. The molecular formula is C13H17NO2. The highest BCUT2D eigenvalue weighted by atomic mass is 16.5. The molecule has 0 saturated heterocycles. The van der Waals surface area contributed by atoms with Crippen LogP contribution < -0.4 is 4.90 Å². The number of carbonyl (C=O) groups excluding carboxylic acids is 1. The second-order valence-electron chi connectivity index (χ2n) is 4.05. The minimum atomic E-state index is -0.118. The summed E-state index contributed by atoms with van der Waals surface area (Å²) in [6.07, 6.45) is 2.49. The van der Waals surface area contributed by atoms with E-state index in [0.29, 0.717) is 6.42 Å². The Morgan fingerprint density at radius 1 is 1.44 bits per heavy atom. The third kappa shape index (κ3) is 2.35. The molecule has 0 bridgehead atoms. The average molecular weight is 219 g/mol. The molecule has 0 spiro atoms. The van der Waals surface area contributed by atoms with Gasteiger partial charge >= 0.3 is 5.97 Å². The van der Waals surface area contributed by atoms with Gasteiger partial charge < -0.3 is 9.64 Å². The number of hydrogen-bond donors (Lipinski definition) is 0. The number of carbonyl (C=O) groups is 1. The topological polar surface area (TPSA) is 29.5 Å². The lowest BCUT2D eigenvalue weighted by Crippen LogP contribution is -2.22. The molecular weight excluding hydrogens is 202 g/mol. The van der Waals surface area contributed by atoms with Crippen molar-refractivity contribution < 1.29 is 9.53 Å². The van der Waals surface area contributed by atoms with Crippen LogP contribution in [0.3, 0.4) is 0 Å². The number of para-hydroxylation sites is 1. The normalized spacial score (nSPS) is 13.7. The summed E-state index contributed by atoms with van der Waals surface area (Å²) in [6.45, 7) is 2.01. The van der Waals surface area contributed by atoms with Crippen molar-refractivity contribution >= 4 is 11.7 Å².